The molecule has 108 valence electrons. The maximum absolute atomic E-state index is 13.6. The lowest BCUT2D eigenvalue weighted by molar-refractivity contribution is -0.384. The summed E-state index contributed by atoms with van der Waals surface area (Å²) in [5.41, 5.74) is 0.490. The van der Waals surface area contributed by atoms with Gasteiger partial charge in [0.1, 0.15) is 11.5 Å². The van der Waals surface area contributed by atoms with Gasteiger partial charge in [-0.2, -0.15) is 0 Å². The molecule has 2 aromatic carbocycles. The Labute approximate surface area is 119 Å². The fourth-order valence-electron chi connectivity index (χ4n) is 1.88. The highest BCUT2D eigenvalue weighted by molar-refractivity contribution is 5.88. The van der Waals surface area contributed by atoms with Crippen LogP contribution in [-0.4, -0.2) is 16.0 Å². The van der Waals surface area contributed by atoms with Gasteiger partial charge in [-0.05, 0) is 30.7 Å². The van der Waals surface area contributed by atoms with E-state index in [1.165, 1.54) is 12.1 Å². The number of carboxylic acids is 1. The predicted molar refractivity (Wildman–Crippen MR) is 74.5 cm³/mol. The molecule has 7 heteroatoms. The maximum atomic E-state index is 13.6. The Morgan fingerprint density at radius 1 is 1.33 bits per heavy atom. The van der Waals surface area contributed by atoms with E-state index in [1.807, 2.05) is 0 Å². The van der Waals surface area contributed by atoms with Crippen LogP contribution in [0.3, 0.4) is 0 Å². The van der Waals surface area contributed by atoms with Crippen LogP contribution in [-0.2, 0) is 0 Å². The first-order chi connectivity index (χ1) is 9.90. The van der Waals surface area contributed by atoms with Crippen molar-refractivity contribution in [2.24, 2.45) is 0 Å². The van der Waals surface area contributed by atoms with Gasteiger partial charge in [0.25, 0.3) is 5.69 Å². The summed E-state index contributed by atoms with van der Waals surface area (Å²) in [5.74, 6) is -2.29. The summed E-state index contributed by atoms with van der Waals surface area (Å²) in [6.07, 6.45) is 0. The highest BCUT2D eigenvalue weighted by Gasteiger charge is 2.17. The summed E-state index contributed by atoms with van der Waals surface area (Å²) >= 11 is 0. The van der Waals surface area contributed by atoms with Crippen LogP contribution in [0.1, 0.15) is 15.9 Å². The summed E-state index contributed by atoms with van der Waals surface area (Å²) in [5, 5.41) is 22.5. The molecule has 0 unspecified atom stereocenters. The quantitative estimate of drug-likeness (QED) is 0.664. The highest BCUT2D eigenvalue weighted by atomic mass is 19.1. The zero-order valence-corrected chi connectivity index (χ0v) is 11.0. The molecule has 6 nitrogen and oxygen atoms in total. The molecular formula is C14H11FN2O4. The molecule has 0 saturated heterocycles. The van der Waals surface area contributed by atoms with Crippen molar-refractivity contribution in [2.75, 3.05) is 5.32 Å². The fraction of sp³-hybridized carbons (Fsp3) is 0.0714. The van der Waals surface area contributed by atoms with Crippen molar-refractivity contribution in [1.82, 2.24) is 0 Å². The second-order valence-electron chi connectivity index (χ2n) is 4.35. The minimum Gasteiger partial charge on any atom is -0.478 e. The summed E-state index contributed by atoms with van der Waals surface area (Å²) in [6, 6.07) is 7.99. The van der Waals surface area contributed by atoms with Crippen molar-refractivity contribution >= 4 is 23.0 Å². The number of carboxylic acid groups (broad SMARTS) is 1. The Kier molecular flexibility index (Phi) is 3.84. The normalized spacial score (nSPS) is 10.2. The van der Waals surface area contributed by atoms with E-state index in [9.17, 15) is 19.3 Å². The summed E-state index contributed by atoms with van der Waals surface area (Å²) in [7, 11) is 0. The molecule has 21 heavy (non-hydrogen) atoms. The average Bonchev–Trinajstić information content (AvgIpc) is 2.40. The summed E-state index contributed by atoms with van der Waals surface area (Å²) in [6.45, 7) is 1.68. The number of nitro benzene ring substituents is 1. The van der Waals surface area contributed by atoms with Gasteiger partial charge in [-0.25, -0.2) is 9.18 Å². The lowest BCUT2D eigenvalue weighted by Crippen LogP contribution is -2.03. The van der Waals surface area contributed by atoms with Crippen LogP contribution < -0.4 is 5.32 Å². The zero-order chi connectivity index (χ0) is 15.6. The molecule has 0 amide bonds. The zero-order valence-electron chi connectivity index (χ0n) is 11.0. The minimum atomic E-state index is -1.37. The summed E-state index contributed by atoms with van der Waals surface area (Å²) < 4.78 is 13.6. The van der Waals surface area contributed by atoms with Crippen molar-refractivity contribution in [3.8, 4) is 0 Å². The SMILES string of the molecule is Cc1cccc([N+](=O)[O-])c1Nc1ccc(C(=O)O)c(F)c1. The van der Waals surface area contributed by atoms with Crippen LogP contribution in [0, 0.1) is 22.9 Å². The Morgan fingerprint density at radius 3 is 2.62 bits per heavy atom. The second kappa shape index (κ2) is 5.58. The van der Waals surface area contributed by atoms with Crippen molar-refractivity contribution in [3.05, 3.63) is 63.5 Å². The average molecular weight is 290 g/mol. The van der Waals surface area contributed by atoms with Crippen LogP contribution in [0.25, 0.3) is 0 Å². The van der Waals surface area contributed by atoms with E-state index in [-0.39, 0.29) is 17.1 Å². The first-order valence-corrected chi connectivity index (χ1v) is 5.94. The van der Waals surface area contributed by atoms with E-state index >= 15 is 0 Å². The third-order valence-electron chi connectivity index (χ3n) is 2.92. The van der Waals surface area contributed by atoms with Gasteiger partial charge in [-0.3, -0.25) is 10.1 Å². The van der Waals surface area contributed by atoms with E-state index in [0.717, 1.165) is 12.1 Å². The largest absolute Gasteiger partial charge is 0.478 e. The maximum Gasteiger partial charge on any atom is 0.338 e. The monoisotopic (exact) mass is 290 g/mol. The van der Waals surface area contributed by atoms with Gasteiger partial charge in [-0.1, -0.05) is 12.1 Å². The number of anilines is 2. The van der Waals surface area contributed by atoms with Crippen LogP contribution in [0.2, 0.25) is 0 Å². The molecule has 2 rings (SSSR count). The third kappa shape index (κ3) is 2.97. The molecule has 0 fully saturated rings. The number of rotatable bonds is 4. The molecule has 2 aromatic rings. The molecule has 0 aliphatic rings. The van der Waals surface area contributed by atoms with Gasteiger partial charge in [0, 0.05) is 11.8 Å². The number of benzene rings is 2. The molecule has 0 spiro atoms. The Balaban J connectivity index is 2.41. The van der Waals surface area contributed by atoms with Gasteiger partial charge in [0.2, 0.25) is 0 Å². The van der Waals surface area contributed by atoms with E-state index in [1.54, 1.807) is 19.1 Å². The number of carbonyl (C=O) groups is 1. The summed E-state index contributed by atoms with van der Waals surface area (Å²) in [4.78, 5) is 21.2. The van der Waals surface area contributed by atoms with Crippen LogP contribution in [0.15, 0.2) is 36.4 Å². The van der Waals surface area contributed by atoms with Gasteiger partial charge in [0.05, 0.1) is 10.5 Å². The topological polar surface area (TPSA) is 92.5 Å². The predicted octanol–water partition coefficient (Wildman–Crippen LogP) is 3.48. The molecule has 0 atom stereocenters. The smallest absolute Gasteiger partial charge is 0.338 e. The molecule has 0 heterocycles. The van der Waals surface area contributed by atoms with Crippen LogP contribution in [0.5, 0.6) is 0 Å². The van der Waals surface area contributed by atoms with E-state index in [0.29, 0.717) is 5.56 Å². The second-order valence-corrected chi connectivity index (χ2v) is 4.35. The van der Waals surface area contributed by atoms with Crippen molar-refractivity contribution in [3.63, 3.8) is 0 Å². The van der Waals surface area contributed by atoms with Crippen molar-refractivity contribution in [2.45, 2.75) is 6.92 Å². The van der Waals surface area contributed by atoms with Crippen molar-refractivity contribution < 1.29 is 19.2 Å². The van der Waals surface area contributed by atoms with Crippen molar-refractivity contribution in [1.29, 1.82) is 0 Å². The Hall–Kier alpha value is -2.96. The number of aromatic carboxylic acids is 1. The van der Waals surface area contributed by atoms with Gasteiger partial charge in [-0.15, -0.1) is 0 Å². The minimum absolute atomic E-state index is 0.141. The van der Waals surface area contributed by atoms with Gasteiger partial charge < -0.3 is 10.4 Å². The number of halogens is 1. The van der Waals surface area contributed by atoms with Gasteiger partial charge >= 0.3 is 5.97 Å². The lowest BCUT2D eigenvalue weighted by Gasteiger charge is -2.10. The molecule has 0 aliphatic carbocycles. The molecule has 2 N–H and O–H groups in total. The van der Waals surface area contributed by atoms with E-state index in [2.05, 4.69) is 5.32 Å². The molecule has 0 radical (unpaired) electrons. The standard InChI is InChI=1S/C14H11FN2O4/c1-8-3-2-4-12(17(20)21)13(8)16-9-5-6-10(14(18)19)11(15)7-9/h2-7,16H,1H3,(H,18,19). The number of para-hydroxylation sites is 1. The number of hydrogen-bond acceptors (Lipinski definition) is 4. The van der Waals surface area contributed by atoms with Crippen LogP contribution in [0.4, 0.5) is 21.5 Å². The lowest BCUT2D eigenvalue weighted by atomic mass is 10.1. The third-order valence-corrected chi connectivity index (χ3v) is 2.92. The van der Waals surface area contributed by atoms with Crippen LogP contribution >= 0.6 is 0 Å². The first-order valence-electron chi connectivity index (χ1n) is 5.94. The molecule has 0 saturated carbocycles. The first kappa shape index (κ1) is 14.4. The molecule has 0 aromatic heterocycles. The Morgan fingerprint density at radius 2 is 2.05 bits per heavy atom. The Bertz CT molecular complexity index is 731. The number of nitro groups is 1. The highest BCUT2D eigenvalue weighted by Crippen LogP contribution is 2.31. The molecule has 0 aliphatic heterocycles. The number of nitrogens with one attached hydrogen (secondary N) is 1. The van der Waals surface area contributed by atoms with E-state index < -0.39 is 22.3 Å². The number of hydrogen-bond donors (Lipinski definition) is 2. The van der Waals surface area contributed by atoms with E-state index in [4.69, 9.17) is 5.11 Å². The number of aryl methyl sites for hydroxylation is 1. The molecule has 0 bridgehead atoms. The number of nitrogens with zero attached hydrogens (tertiary/aromatic N) is 1. The fourth-order valence-corrected chi connectivity index (χ4v) is 1.88. The molecular weight excluding hydrogens is 279 g/mol. The van der Waals surface area contributed by atoms with Gasteiger partial charge in [0.15, 0.2) is 0 Å².